The lowest BCUT2D eigenvalue weighted by molar-refractivity contribution is -0.274. The third kappa shape index (κ3) is 4.56. The number of aromatic nitrogens is 3. The van der Waals surface area contributed by atoms with Crippen molar-refractivity contribution in [3.05, 3.63) is 42.6 Å². The molecule has 1 N–H and O–H groups in total. The van der Waals surface area contributed by atoms with Crippen LogP contribution < -0.4 is 4.74 Å². The van der Waals surface area contributed by atoms with Gasteiger partial charge in [0.1, 0.15) is 5.75 Å². The van der Waals surface area contributed by atoms with Crippen molar-refractivity contribution in [3.8, 4) is 17.0 Å². The minimum absolute atomic E-state index is 0.310. The fraction of sp³-hybridized carbons (Fsp3) is 0.350. The molecular weight excluding hydrogens is 385 g/mol. The van der Waals surface area contributed by atoms with Crippen LogP contribution in [0.2, 0.25) is 0 Å². The summed E-state index contributed by atoms with van der Waals surface area (Å²) in [6.45, 7) is 1.82. The van der Waals surface area contributed by atoms with Crippen molar-refractivity contribution in [2.24, 2.45) is 4.99 Å². The van der Waals surface area contributed by atoms with Crippen molar-refractivity contribution >= 4 is 17.2 Å². The molecule has 2 aromatic heterocycles. The van der Waals surface area contributed by atoms with Crippen LogP contribution in [-0.2, 0) is 0 Å². The molecule has 6 nitrogen and oxygen atoms in total. The number of aliphatic imine (C=N–C) groups is 1. The summed E-state index contributed by atoms with van der Waals surface area (Å²) in [5, 5.41) is 14.6. The molecule has 2 heterocycles. The number of imidazole rings is 1. The highest BCUT2D eigenvalue weighted by Crippen LogP contribution is 2.30. The zero-order valence-electron chi connectivity index (χ0n) is 15.6. The van der Waals surface area contributed by atoms with E-state index in [9.17, 15) is 18.3 Å². The van der Waals surface area contributed by atoms with E-state index in [1.807, 2.05) is 6.92 Å². The molecule has 4 rings (SSSR count). The number of hydrogen-bond acceptors (Lipinski definition) is 5. The first kappa shape index (κ1) is 19.4. The van der Waals surface area contributed by atoms with E-state index in [0.717, 1.165) is 5.71 Å². The molecule has 1 saturated carbocycles. The Kier molecular flexibility index (Phi) is 4.77. The fourth-order valence-corrected chi connectivity index (χ4v) is 3.32. The van der Waals surface area contributed by atoms with Crippen LogP contribution in [0, 0.1) is 0 Å². The summed E-state index contributed by atoms with van der Waals surface area (Å²) in [4.78, 5) is 8.85. The molecule has 0 unspecified atom stereocenters. The second kappa shape index (κ2) is 7.14. The SMILES string of the molecule is CC1(O)CCC(=Nc2ccc3ncc(-c4cccc(OC(F)(F)F)c4)n3n2)CC1. The maximum absolute atomic E-state index is 12.5. The summed E-state index contributed by atoms with van der Waals surface area (Å²) in [5.41, 5.74) is 1.88. The number of ether oxygens (including phenoxy) is 1. The van der Waals surface area contributed by atoms with E-state index in [4.69, 9.17) is 0 Å². The Morgan fingerprint density at radius 1 is 1.17 bits per heavy atom. The van der Waals surface area contributed by atoms with E-state index < -0.39 is 12.0 Å². The number of nitrogens with zero attached hydrogens (tertiary/aromatic N) is 4. The topological polar surface area (TPSA) is 72.0 Å². The maximum Gasteiger partial charge on any atom is 0.573 e. The molecular formula is C20H19F3N4O2. The number of alkyl halides is 3. The van der Waals surface area contributed by atoms with Crippen LogP contribution >= 0.6 is 0 Å². The molecule has 0 aliphatic heterocycles. The first-order chi connectivity index (χ1) is 13.7. The molecule has 3 aromatic rings. The lowest BCUT2D eigenvalue weighted by Gasteiger charge is -2.28. The third-order valence-electron chi connectivity index (χ3n) is 4.89. The van der Waals surface area contributed by atoms with Gasteiger partial charge in [-0.2, -0.15) is 0 Å². The van der Waals surface area contributed by atoms with Gasteiger partial charge in [0.05, 0.1) is 17.5 Å². The summed E-state index contributed by atoms with van der Waals surface area (Å²) in [7, 11) is 0. The second-order valence-corrected chi connectivity index (χ2v) is 7.36. The van der Waals surface area contributed by atoms with Gasteiger partial charge in [0.2, 0.25) is 0 Å². The highest BCUT2D eigenvalue weighted by molar-refractivity contribution is 5.87. The first-order valence-electron chi connectivity index (χ1n) is 9.18. The van der Waals surface area contributed by atoms with Gasteiger partial charge in [-0.25, -0.2) is 14.5 Å². The molecule has 0 spiro atoms. The standard InChI is InChI=1S/C20H19F3N4O2/c1-19(28)9-7-14(8-10-19)25-17-5-6-18-24-12-16(27(18)26-17)13-3-2-4-15(11-13)29-20(21,22)23/h2-6,11-12,28H,7-10H2,1H3. The summed E-state index contributed by atoms with van der Waals surface area (Å²) >= 11 is 0. The van der Waals surface area contributed by atoms with Crippen LogP contribution in [0.1, 0.15) is 32.6 Å². The largest absolute Gasteiger partial charge is 0.573 e. The molecule has 0 radical (unpaired) electrons. The maximum atomic E-state index is 12.5. The minimum Gasteiger partial charge on any atom is -0.406 e. The Balaban J connectivity index is 1.65. The zero-order chi connectivity index (χ0) is 20.6. The smallest absolute Gasteiger partial charge is 0.406 e. The second-order valence-electron chi connectivity index (χ2n) is 7.36. The summed E-state index contributed by atoms with van der Waals surface area (Å²) in [6.07, 6.45) is -0.526. The molecule has 1 aliphatic carbocycles. The van der Waals surface area contributed by atoms with E-state index in [0.29, 0.717) is 48.4 Å². The van der Waals surface area contributed by atoms with E-state index >= 15 is 0 Å². The Hall–Kier alpha value is -2.94. The normalized spacial score (nSPS) is 20.1. The average Bonchev–Trinajstić information content (AvgIpc) is 3.05. The van der Waals surface area contributed by atoms with Crippen LogP contribution in [0.15, 0.2) is 47.6 Å². The van der Waals surface area contributed by atoms with Crippen molar-refractivity contribution in [1.82, 2.24) is 14.6 Å². The molecule has 1 aliphatic rings. The van der Waals surface area contributed by atoms with Crippen molar-refractivity contribution in [2.75, 3.05) is 0 Å². The van der Waals surface area contributed by atoms with Crippen LogP contribution in [-0.4, -0.2) is 37.4 Å². The fourth-order valence-electron chi connectivity index (χ4n) is 3.32. The molecule has 0 amide bonds. The Morgan fingerprint density at radius 2 is 1.93 bits per heavy atom. The predicted molar refractivity (Wildman–Crippen MR) is 101 cm³/mol. The van der Waals surface area contributed by atoms with Gasteiger partial charge in [-0.15, -0.1) is 18.3 Å². The Bertz CT molecular complexity index is 1060. The summed E-state index contributed by atoms with van der Waals surface area (Å²) in [6, 6.07) is 9.17. The van der Waals surface area contributed by atoms with E-state index in [-0.39, 0.29) is 5.75 Å². The number of halogens is 3. The number of aliphatic hydroxyl groups is 1. The monoisotopic (exact) mass is 404 g/mol. The van der Waals surface area contributed by atoms with Crippen molar-refractivity contribution in [1.29, 1.82) is 0 Å². The quantitative estimate of drug-likeness (QED) is 0.687. The minimum atomic E-state index is -4.76. The molecule has 29 heavy (non-hydrogen) atoms. The van der Waals surface area contributed by atoms with Gasteiger partial charge in [-0.05, 0) is 56.9 Å². The molecule has 1 fully saturated rings. The van der Waals surface area contributed by atoms with Crippen molar-refractivity contribution in [2.45, 2.75) is 44.6 Å². The molecule has 0 bridgehead atoms. The van der Waals surface area contributed by atoms with Crippen LogP contribution in [0.25, 0.3) is 16.9 Å². The van der Waals surface area contributed by atoms with Gasteiger partial charge < -0.3 is 9.84 Å². The number of fused-ring (bicyclic) bond motifs is 1. The molecule has 0 atom stereocenters. The molecule has 0 saturated heterocycles. The van der Waals surface area contributed by atoms with Crippen LogP contribution in [0.3, 0.4) is 0 Å². The van der Waals surface area contributed by atoms with Gasteiger partial charge >= 0.3 is 6.36 Å². The Labute approximate surface area is 164 Å². The van der Waals surface area contributed by atoms with E-state index in [2.05, 4.69) is 19.8 Å². The van der Waals surface area contributed by atoms with E-state index in [1.54, 1.807) is 28.9 Å². The van der Waals surface area contributed by atoms with Gasteiger partial charge in [0.15, 0.2) is 11.5 Å². The number of hydrogen-bond donors (Lipinski definition) is 1. The summed E-state index contributed by atoms with van der Waals surface area (Å²) in [5.74, 6) is 0.173. The predicted octanol–water partition coefficient (Wildman–Crippen LogP) is 4.69. The van der Waals surface area contributed by atoms with Gasteiger partial charge in [0.25, 0.3) is 0 Å². The third-order valence-corrected chi connectivity index (χ3v) is 4.89. The molecule has 1 aromatic carbocycles. The first-order valence-corrected chi connectivity index (χ1v) is 9.18. The van der Waals surface area contributed by atoms with Crippen molar-refractivity contribution < 1.29 is 23.0 Å². The van der Waals surface area contributed by atoms with Crippen LogP contribution in [0.4, 0.5) is 19.0 Å². The summed E-state index contributed by atoms with van der Waals surface area (Å²) < 4.78 is 43.1. The molecule has 152 valence electrons. The van der Waals surface area contributed by atoms with Crippen molar-refractivity contribution in [3.63, 3.8) is 0 Å². The zero-order valence-corrected chi connectivity index (χ0v) is 15.6. The van der Waals surface area contributed by atoms with Crippen LogP contribution in [0.5, 0.6) is 5.75 Å². The number of rotatable bonds is 3. The van der Waals surface area contributed by atoms with E-state index in [1.165, 1.54) is 18.2 Å². The van der Waals surface area contributed by atoms with Gasteiger partial charge in [-0.1, -0.05) is 12.1 Å². The van der Waals surface area contributed by atoms with Gasteiger partial charge in [0, 0.05) is 11.3 Å². The highest BCUT2D eigenvalue weighted by Gasteiger charge is 2.31. The number of benzene rings is 1. The molecule has 9 heteroatoms. The highest BCUT2D eigenvalue weighted by atomic mass is 19.4. The lowest BCUT2D eigenvalue weighted by atomic mass is 9.85. The Morgan fingerprint density at radius 3 is 2.66 bits per heavy atom. The van der Waals surface area contributed by atoms with Gasteiger partial charge in [-0.3, -0.25) is 0 Å². The average molecular weight is 404 g/mol. The lowest BCUT2D eigenvalue weighted by Crippen LogP contribution is -2.30.